The van der Waals surface area contributed by atoms with Gasteiger partial charge in [-0.25, -0.2) is 14.8 Å². The molecule has 122 valence electrons. The second-order valence-electron chi connectivity index (χ2n) is 5.81. The highest BCUT2D eigenvalue weighted by molar-refractivity contribution is 6.17. The molecular formula is C16H25N3O3. The molecule has 0 spiro atoms. The fraction of sp³-hybridized carbons (Fsp3) is 0.500. The van der Waals surface area contributed by atoms with E-state index in [1.165, 1.54) is 0 Å². The maximum Gasteiger partial charge on any atom is 0.338 e. The first-order valence-electron chi connectivity index (χ1n) is 6.80. The second-order valence-corrected chi connectivity index (χ2v) is 5.81. The number of aromatic nitrogens is 1. The summed E-state index contributed by atoms with van der Waals surface area (Å²) in [5, 5.41) is 12.0. The van der Waals surface area contributed by atoms with Crippen molar-refractivity contribution in [2.24, 2.45) is 10.9 Å². The maximum atomic E-state index is 12.2. The van der Waals surface area contributed by atoms with Gasteiger partial charge in [0, 0.05) is 7.12 Å². The average molecular weight is 308 g/mol. The number of amidine groups is 1. The van der Waals surface area contributed by atoms with Gasteiger partial charge in [0.15, 0.2) is 5.84 Å². The highest BCUT2D eigenvalue weighted by Crippen LogP contribution is 2.27. The number of carbonyl (C=O) groups excluding carboxylic acids is 1. The van der Waals surface area contributed by atoms with Crippen LogP contribution in [0.3, 0.4) is 0 Å². The van der Waals surface area contributed by atoms with E-state index in [2.05, 4.69) is 15.3 Å². The quantitative estimate of drug-likeness (QED) is 0.897. The number of nitrogens with zero attached hydrogens (tertiary/aromatic N) is 2. The van der Waals surface area contributed by atoms with Gasteiger partial charge in [0.25, 0.3) is 5.91 Å². The summed E-state index contributed by atoms with van der Waals surface area (Å²) in [4.78, 5) is 32.3. The minimum atomic E-state index is -1.09. The Bertz CT molecular complexity index is 671. The van der Waals surface area contributed by atoms with Crippen LogP contribution in [-0.4, -0.2) is 33.3 Å². The summed E-state index contributed by atoms with van der Waals surface area (Å²) in [5.74, 6) is -1.09. The molecule has 1 aromatic rings. The van der Waals surface area contributed by atoms with Gasteiger partial charge in [-0.3, -0.25) is 4.79 Å². The fourth-order valence-electron chi connectivity index (χ4n) is 2.10. The fourth-order valence-corrected chi connectivity index (χ4v) is 2.10. The van der Waals surface area contributed by atoms with Crippen LogP contribution in [0.5, 0.6) is 0 Å². The molecule has 0 saturated heterocycles. The molecule has 2 rings (SSSR count). The zero-order chi connectivity index (χ0) is 15.9. The van der Waals surface area contributed by atoms with Crippen molar-refractivity contribution in [3.8, 4) is 0 Å². The standard InChI is InChI=1S/C15H19N3O3.CH4.H2/c1-7(2)15(5)14(21)17-12(18-15)11-10(13(19)20)6-8(3)9(4)16-11;;/h6-7H,1-5H3,(H,19,20)(H,17,18,21);1H4;1H/i;;1+1. The van der Waals surface area contributed by atoms with Crippen molar-refractivity contribution < 1.29 is 16.1 Å². The number of carboxylic acids is 1. The van der Waals surface area contributed by atoms with Crippen LogP contribution in [-0.2, 0) is 4.79 Å². The highest BCUT2D eigenvalue weighted by Gasteiger charge is 2.43. The van der Waals surface area contributed by atoms with Crippen LogP contribution in [0.4, 0.5) is 0 Å². The molecule has 0 fully saturated rings. The van der Waals surface area contributed by atoms with E-state index >= 15 is 0 Å². The van der Waals surface area contributed by atoms with Crippen LogP contribution in [0, 0.1) is 19.8 Å². The molecule has 1 aromatic heterocycles. The van der Waals surface area contributed by atoms with Crippen molar-refractivity contribution in [1.82, 2.24) is 10.3 Å². The third kappa shape index (κ3) is 2.73. The van der Waals surface area contributed by atoms with E-state index in [-0.39, 0.29) is 37.8 Å². The van der Waals surface area contributed by atoms with Crippen LogP contribution >= 0.6 is 0 Å². The molecule has 1 unspecified atom stereocenters. The van der Waals surface area contributed by atoms with Gasteiger partial charge in [0.05, 0.1) is 5.56 Å². The Morgan fingerprint density at radius 1 is 1.41 bits per heavy atom. The molecule has 1 aliphatic heterocycles. The Hall–Kier alpha value is -2.24. The van der Waals surface area contributed by atoms with Gasteiger partial charge >= 0.3 is 5.97 Å². The predicted octanol–water partition coefficient (Wildman–Crippen LogP) is 2.57. The lowest BCUT2D eigenvalue weighted by Crippen LogP contribution is -2.41. The molecule has 0 aromatic carbocycles. The molecule has 1 atom stereocenters. The second kappa shape index (κ2) is 5.87. The summed E-state index contributed by atoms with van der Waals surface area (Å²) >= 11 is 0. The van der Waals surface area contributed by atoms with Gasteiger partial charge in [-0.15, -0.1) is 0 Å². The number of aryl methyl sites for hydroxylation is 2. The number of rotatable bonds is 3. The normalized spacial score (nSPS) is 20.5. The van der Waals surface area contributed by atoms with Gasteiger partial charge in [0.2, 0.25) is 0 Å². The van der Waals surface area contributed by atoms with Crippen molar-refractivity contribution in [2.75, 3.05) is 0 Å². The first-order chi connectivity index (χ1) is 9.66. The van der Waals surface area contributed by atoms with Gasteiger partial charge in [-0.1, -0.05) is 21.3 Å². The Labute approximate surface area is 132 Å². The number of amides is 1. The van der Waals surface area contributed by atoms with E-state index in [1.807, 2.05) is 13.8 Å². The average Bonchev–Trinajstić information content (AvgIpc) is 2.69. The zero-order valence-corrected chi connectivity index (χ0v) is 12.8. The number of hydrogen-bond acceptors (Lipinski definition) is 4. The van der Waals surface area contributed by atoms with E-state index in [0.717, 1.165) is 5.56 Å². The monoisotopic (exact) mass is 308 g/mol. The number of carbonyl (C=O) groups is 2. The molecule has 6 heteroatoms. The predicted molar refractivity (Wildman–Crippen MR) is 87.4 cm³/mol. The Morgan fingerprint density at radius 2 is 2.00 bits per heavy atom. The largest absolute Gasteiger partial charge is 0.478 e. The number of nitrogens with one attached hydrogen (secondary N) is 1. The topological polar surface area (TPSA) is 91.6 Å². The summed E-state index contributed by atoms with van der Waals surface area (Å²) in [5.41, 5.74) is 0.859. The number of pyridine rings is 1. The van der Waals surface area contributed by atoms with Crippen LogP contribution in [0.1, 0.15) is 56.9 Å². The van der Waals surface area contributed by atoms with Crippen LogP contribution < -0.4 is 5.32 Å². The number of aliphatic imine (C=N–C) groups is 1. The van der Waals surface area contributed by atoms with Crippen LogP contribution in [0.25, 0.3) is 0 Å². The highest BCUT2D eigenvalue weighted by atomic mass is 16.4. The van der Waals surface area contributed by atoms with Crippen LogP contribution in [0.2, 0.25) is 0 Å². The summed E-state index contributed by atoms with van der Waals surface area (Å²) in [7, 11) is 0. The molecule has 2 N–H and O–H groups in total. The molecule has 6 nitrogen and oxygen atoms in total. The van der Waals surface area contributed by atoms with Crippen molar-refractivity contribution in [2.45, 2.75) is 47.6 Å². The van der Waals surface area contributed by atoms with Crippen molar-refractivity contribution in [1.29, 1.82) is 0 Å². The SMILES string of the molecule is C.Cc1cc(C(=O)O)c(C2=NC(C)(C(C)C)C(=O)N2)nc1C.[2HH]. The number of hydrogen-bond donors (Lipinski definition) is 2. The Morgan fingerprint density at radius 3 is 2.45 bits per heavy atom. The lowest BCUT2D eigenvalue weighted by molar-refractivity contribution is -0.124. The van der Waals surface area contributed by atoms with Crippen molar-refractivity contribution in [3.63, 3.8) is 0 Å². The minimum Gasteiger partial charge on any atom is -0.478 e. The lowest BCUT2D eigenvalue weighted by Gasteiger charge is -2.21. The van der Waals surface area contributed by atoms with Crippen molar-refractivity contribution in [3.05, 3.63) is 28.6 Å². The molecular weight excluding hydrogens is 282 g/mol. The molecule has 2 heterocycles. The first kappa shape index (κ1) is 17.8. The van der Waals surface area contributed by atoms with E-state index < -0.39 is 11.5 Å². The van der Waals surface area contributed by atoms with E-state index in [4.69, 9.17) is 0 Å². The molecule has 1 aliphatic rings. The Kier molecular flexibility index (Phi) is 4.75. The van der Waals surface area contributed by atoms with Gasteiger partial charge in [-0.2, -0.15) is 0 Å². The lowest BCUT2D eigenvalue weighted by atomic mass is 9.89. The van der Waals surface area contributed by atoms with E-state index in [0.29, 0.717) is 5.69 Å². The number of aromatic carboxylic acids is 1. The number of carboxylic acid groups (broad SMARTS) is 1. The zero-order valence-electron chi connectivity index (χ0n) is 12.8. The Balaban J connectivity index is 0.00000242. The third-order valence-electron chi connectivity index (χ3n) is 4.08. The molecule has 22 heavy (non-hydrogen) atoms. The van der Waals surface area contributed by atoms with Gasteiger partial charge in [-0.05, 0) is 38.3 Å². The summed E-state index contributed by atoms with van der Waals surface area (Å²) in [6.45, 7) is 9.13. The van der Waals surface area contributed by atoms with E-state index in [9.17, 15) is 14.7 Å². The molecule has 0 saturated carbocycles. The maximum absolute atomic E-state index is 12.2. The van der Waals surface area contributed by atoms with Crippen LogP contribution in [0.15, 0.2) is 11.1 Å². The summed E-state index contributed by atoms with van der Waals surface area (Å²) in [6.07, 6.45) is 0. The van der Waals surface area contributed by atoms with Gasteiger partial charge < -0.3 is 10.4 Å². The van der Waals surface area contributed by atoms with Gasteiger partial charge in [0.1, 0.15) is 11.2 Å². The minimum absolute atomic E-state index is 0. The summed E-state index contributed by atoms with van der Waals surface area (Å²) in [6, 6.07) is 1.56. The molecule has 0 aliphatic carbocycles. The van der Waals surface area contributed by atoms with Crippen molar-refractivity contribution >= 4 is 17.7 Å². The first-order valence-corrected chi connectivity index (χ1v) is 6.80. The smallest absolute Gasteiger partial charge is 0.338 e. The third-order valence-corrected chi connectivity index (χ3v) is 4.08. The molecule has 0 radical (unpaired) electrons. The molecule has 1 amide bonds. The molecule has 0 bridgehead atoms. The van der Waals surface area contributed by atoms with E-state index in [1.54, 1.807) is 26.8 Å². The summed E-state index contributed by atoms with van der Waals surface area (Å²) < 4.78 is 0.